The molecule has 2 amide bonds. The molecule has 21 heavy (non-hydrogen) atoms. The summed E-state index contributed by atoms with van der Waals surface area (Å²) in [6.45, 7) is 0. The van der Waals surface area contributed by atoms with E-state index in [2.05, 4.69) is 15.5 Å². The van der Waals surface area contributed by atoms with E-state index in [0.29, 0.717) is 12.3 Å². The zero-order chi connectivity index (χ0) is 14.8. The van der Waals surface area contributed by atoms with Crippen molar-refractivity contribution >= 4 is 23.8 Å². The highest BCUT2D eigenvalue weighted by molar-refractivity contribution is 7.99. The maximum absolute atomic E-state index is 12.7. The minimum Gasteiger partial charge on any atom is -0.465 e. The second-order valence-electron chi connectivity index (χ2n) is 5.09. The Morgan fingerprint density at radius 1 is 1.48 bits per heavy atom. The molecule has 2 unspecified atom stereocenters. The normalized spacial score (nSPS) is 29.6. The van der Waals surface area contributed by atoms with Gasteiger partial charge in [0.2, 0.25) is 18.2 Å². The molecular weight excluding hydrogens is 296 g/mol. The second kappa shape index (κ2) is 5.92. The molecule has 3 heterocycles. The van der Waals surface area contributed by atoms with E-state index < -0.39 is 12.1 Å². The highest BCUT2D eigenvalue weighted by atomic mass is 32.2. The summed E-state index contributed by atoms with van der Waals surface area (Å²) in [4.78, 5) is 25.3. The molecule has 2 saturated heterocycles. The van der Waals surface area contributed by atoms with E-state index in [4.69, 9.17) is 9.52 Å². The van der Waals surface area contributed by atoms with Crippen molar-refractivity contribution in [2.24, 2.45) is 0 Å². The fourth-order valence-electron chi connectivity index (χ4n) is 2.90. The first-order valence-corrected chi connectivity index (χ1v) is 7.91. The molecule has 8 nitrogen and oxygen atoms in total. The van der Waals surface area contributed by atoms with Crippen molar-refractivity contribution in [3.63, 3.8) is 0 Å². The fraction of sp³-hybridized carbons (Fsp3) is 0.667. The molecule has 3 atom stereocenters. The Kier molecular flexibility index (Phi) is 4.00. The lowest BCUT2D eigenvalue weighted by molar-refractivity contribution is -0.138. The van der Waals surface area contributed by atoms with Gasteiger partial charge in [0.05, 0.1) is 5.37 Å². The zero-order valence-corrected chi connectivity index (χ0v) is 12.1. The maximum atomic E-state index is 12.7. The van der Waals surface area contributed by atoms with Crippen molar-refractivity contribution in [3.8, 4) is 0 Å². The lowest BCUT2D eigenvalue weighted by atomic mass is 10.00. The molecule has 3 rings (SSSR count). The number of amides is 2. The Balaban J connectivity index is 1.87. The Bertz CT molecular complexity index is 523. The minimum absolute atomic E-state index is 0.0451. The molecule has 2 aliphatic heterocycles. The van der Waals surface area contributed by atoms with Crippen LogP contribution >= 0.6 is 11.8 Å². The van der Waals surface area contributed by atoms with Crippen LogP contribution in [0.3, 0.4) is 0 Å². The number of nitrogens with zero attached hydrogens (tertiary/aromatic N) is 3. The number of piperidine rings is 1. The first-order chi connectivity index (χ1) is 10.2. The van der Waals surface area contributed by atoms with Gasteiger partial charge in [-0.05, 0) is 31.4 Å². The number of nitrogens with one attached hydrogen (secondary N) is 1. The summed E-state index contributed by atoms with van der Waals surface area (Å²) >= 11 is 1.69. The SMILES string of the molecule is O=C(O)NC1CCS[C@H]2CCCC(c3nnco3)N2C1=O. The average molecular weight is 312 g/mol. The first kappa shape index (κ1) is 14.2. The standard InChI is InChI=1S/C12H16N4O4S/c17-11-7(14-12(18)19)4-5-21-9-3-1-2-8(16(9)11)10-15-13-6-20-10/h6-9,14H,1-5H2,(H,18,19)/t7?,8?,9-/m0/s1. The lowest BCUT2D eigenvalue weighted by Crippen LogP contribution is -2.52. The van der Waals surface area contributed by atoms with Gasteiger partial charge >= 0.3 is 6.09 Å². The zero-order valence-electron chi connectivity index (χ0n) is 11.3. The van der Waals surface area contributed by atoms with Crippen molar-refractivity contribution in [1.82, 2.24) is 20.4 Å². The van der Waals surface area contributed by atoms with Gasteiger partial charge in [0.1, 0.15) is 12.1 Å². The first-order valence-electron chi connectivity index (χ1n) is 6.86. The van der Waals surface area contributed by atoms with E-state index in [0.717, 1.165) is 25.0 Å². The fourth-order valence-corrected chi connectivity index (χ4v) is 4.29. The summed E-state index contributed by atoms with van der Waals surface area (Å²) in [5.74, 6) is 0.967. The van der Waals surface area contributed by atoms with Crippen molar-refractivity contribution in [2.75, 3.05) is 5.75 Å². The van der Waals surface area contributed by atoms with Crippen LogP contribution in [-0.2, 0) is 4.79 Å². The molecule has 9 heteroatoms. The van der Waals surface area contributed by atoms with Gasteiger partial charge in [0.15, 0.2) is 0 Å². The number of carboxylic acid groups (broad SMARTS) is 1. The Labute approximate surface area is 125 Å². The van der Waals surface area contributed by atoms with Gasteiger partial charge in [0, 0.05) is 0 Å². The van der Waals surface area contributed by atoms with Gasteiger partial charge in [-0.15, -0.1) is 22.0 Å². The van der Waals surface area contributed by atoms with Gasteiger partial charge in [-0.2, -0.15) is 0 Å². The van der Waals surface area contributed by atoms with E-state index in [1.165, 1.54) is 6.39 Å². The third-order valence-electron chi connectivity index (χ3n) is 3.80. The number of thioether (sulfide) groups is 1. The predicted molar refractivity (Wildman–Crippen MR) is 73.5 cm³/mol. The van der Waals surface area contributed by atoms with Crippen molar-refractivity contribution < 1.29 is 19.1 Å². The number of hydrogen-bond donors (Lipinski definition) is 2. The number of fused-ring (bicyclic) bond motifs is 1. The van der Waals surface area contributed by atoms with Crippen LogP contribution in [0, 0.1) is 0 Å². The highest BCUT2D eigenvalue weighted by Crippen LogP contribution is 2.40. The van der Waals surface area contributed by atoms with Gasteiger partial charge in [0.25, 0.3) is 0 Å². The molecule has 2 fully saturated rings. The van der Waals surface area contributed by atoms with Gasteiger partial charge in [-0.3, -0.25) is 4.79 Å². The molecule has 114 valence electrons. The average Bonchev–Trinajstić information content (AvgIpc) is 2.94. The third-order valence-corrected chi connectivity index (χ3v) is 5.12. The molecular formula is C12H16N4O4S. The van der Waals surface area contributed by atoms with E-state index in [-0.39, 0.29) is 17.3 Å². The Morgan fingerprint density at radius 2 is 2.33 bits per heavy atom. The third kappa shape index (κ3) is 2.82. The summed E-state index contributed by atoms with van der Waals surface area (Å²) < 4.78 is 5.27. The van der Waals surface area contributed by atoms with Crippen LogP contribution in [0.4, 0.5) is 4.79 Å². The maximum Gasteiger partial charge on any atom is 0.405 e. The summed E-state index contributed by atoms with van der Waals surface area (Å²) in [6, 6.07) is -0.967. The summed E-state index contributed by atoms with van der Waals surface area (Å²) in [7, 11) is 0. The van der Waals surface area contributed by atoms with Gasteiger partial charge in [-0.1, -0.05) is 0 Å². The topological polar surface area (TPSA) is 109 Å². The van der Waals surface area contributed by atoms with E-state index in [9.17, 15) is 9.59 Å². The molecule has 0 radical (unpaired) electrons. The van der Waals surface area contributed by atoms with E-state index in [1.54, 1.807) is 16.7 Å². The van der Waals surface area contributed by atoms with Crippen molar-refractivity contribution in [3.05, 3.63) is 12.3 Å². The van der Waals surface area contributed by atoms with Crippen LogP contribution in [-0.4, -0.2) is 49.4 Å². The minimum atomic E-state index is -1.18. The van der Waals surface area contributed by atoms with Crippen LogP contribution in [0.25, 0.3) is 0 Å². The monoisotopic (exact) mass is 312 g/mol. The molecule has 0 aromatic carbocycles. The predicted octanol–water partition coefficient (Wildman–Crippen LogP) is 1.22. The van der Waals surface area contributed by atoms with Crippen molar-refractivity contribution in [2.45, 2.75) is 43.1 Å². The second-order valence-corrected chi connectivity index (χ2v) is 6.37. The van der Waals surface area contributed by atoms with Crippen LogP contribution in [0.2, 0.25) is 0 Å². The number of carbonyl (C=O) groups excluding carboxylic acids is 1. The summed E-state index contributed by atoms with van der Waals surface area (Å²) in [5, 5.41) is 18.9. The number of hydrogen-bond acceptors (Lipinski definition) is 6. The molecule has 0 spiro atoms. The van der Waals surface area contributed by atoms with Crippen LogP contribution in [0.15, 0.2) is 10.8 Å². The van der Waals surface area contributed by atoms with Gasteiger partial charge in [-0.25, -0.2) is 4.79 Å². The number of aromatic nitrogens is 2. The molecule has 2 aliphatic rings. The molecule has 0 bridgehead atoms. The Hall–Kier alpha value is -1.77. The van der Waals surface area contributed by atoms with E-state index >= 15 is 0 Å². The quantitative estimate of drug-likeness (QED) is 0.845. The van der Waals surface area contributed by atoms with E-state index in [1.807, 2.05) is 0 Å². The largest absolute Gasteiger partial charge is 0.465 e. The highest BCUT2D eigenvalue weighted by Gasteiger charge is 2.42. The molecule has 2 N–H and O–H groups in total. The van der Waals surface area contributed by atoms with Crippen molar-refractivity contribution in [1.29, 1.82) is 0 Å². The lowest BCUT2D eigenvalue weighted by Gasteiger charge is -2.39. The summed E-state index contributed by atoms with van der Waals surface area (Å²) in [5.41, 5.74) is 0. The van der Waals surface area contributed by atoms with Gasteiger partial charge < -0.3 is 19.7 Å². The Morgan fingerprint density at radius 3 is 3.05 bits per heavy atom. The van der Waals surface area contributed by atoms with Crippen LogP contribution < -0.4 is 5.32 Å². The number of rotatable bonds is 2. The molecule has 1 aromatic rings. The summed E-state index contributed by atoms with van der Waals surface area (Å²) in [6.07, 6.45) is 3.21. The molecule has 0 saturated carbocycles. The molecule has 0 aliphatic carbocycles. The van der Waals surface area contributed by atoms with Crippen LogP contribution in [0.5, 0.6) is 0 Å². The van der Waals surface area contributed by atoms with Crippen LogP contribution in [0.1, 0.15) is 37.6 Å². The number of carbonyl (C=O) groups is 2. The molecule has 1 aromatic heterocycles. The smallest absolute Gasteiger partial charge is 0.405 e.